The van der Waals surface area contributed by atoms with Crippen molar-refractivity contribution < 1.29 is 9.90 Å². The second kappa shape index (κ2) is 9.29. The molecule has 7 nitrogen and oxygen atoms in total. The molecule has 5 rings (SSSR count). The van der Waals surface area contributed by atoms with Gasteiger partial charge in [0.05, 0.1) is 23.2 Å². The average molecular weight is 475 g/mol. The first-order chi connectivity index (χ1) is 16.5. The third-order valence-corrected chi connectivity index (χ3v) is 6.32. The molecule has 0 bridgehead atoms. The van der Waals surface area contributed by atoms with E-state index in [9.17, 15) is 14.7 Å². The zero-order chi connectivity index (χ0) is 23.7. The number of nitrogens with zero attached hydrogens (tertiary/aromatic N) is 2. The van der Waals surface area contributed by atoms with Crippen LogP contribution in [0.1, 0.15) is 33.9 Å². The zero-order valence-corrected chi connectivity index (χ0v) is 19.0. The van der Waals surface area contributed by atoms with Gasteiger partial charge in [-0.05, 0) is 42.3 Å². The van der Waals surface area contributed by atoms with Crippen LogP contribution in [0.25, 0.3) is 10.9 Å². The molecule has 1 fully saturated rings. The van der Waals surface area contributed by atoms with E-state index in [4.69, 9.17) is 11.6 Å². The summed E-state index contributed by atoms with van der Waals surface area (Å²) in [5.74, 6) is 0.377. The number of hydrogen-bond acceptors (Lipinski definition) is 5. The third kappa shape index (κ3) is 4.40. The molecule has 1 saturated heterocycles. The number of hydrogen-bond donors (Lipinski definition) is 3. The quantitative estimate of drug-likeness (QED) is 0.410. The maximum Gasteiger partial charge on any atom is 0.253 e. The van der Waals surface area contributed by atoms with Gasteiger partial charge < -0.3 is 20.3 Å². The number of anilines is 1. The first kappa shape index (κ1) is 22.1. The van der Waals surface area contributed by atoms with Crippen molar-refractivity contribution >= 4 is 34.2 Å². The van der Waals surface area contributed by atoms with Gasteiger partial charge in [-0.2, -0.15) is 0 Å². The lowest BCUT2D eigenvalue weighted by Crippen LogP contribution is -2.32. The highest BCUT2D eigenvalue weighted by atomic mass is 35.5. The molecule has 4 aromatic rings. The number of fused-ring (bicyclic) bond motifs is 1. The number of aliphatic hydroxyl groups is 1. The lowest BCUT2D eigenvalue weighted by Gasteiger charge is -2.20. The Bertz CT molecular complexity index is 1390. The van der Waals surface area contributed by atoms with Crippen molar-refractivity contribution in [1.82, 2.24) is 15.3 Å². The molecule has 1 amide bonds. The summed E-state index contributed by atoms with van der Waals surface area (Å²) in [5, 5.41) is 13.8. The summed E-state index contributed by atoms with van der Waals surface area (Å²) < 4.78 is 0. The fourth-order valence-electron chi connectivity index (χ4n) is 4.28. The smallest absolute Gasteiger partial charge is 0.253 e. The molecule has 1 aliphatic heterocycles. The van der Waals surface area contributed by atoms with E-state index in [0.717, 1.165) is 17.9 Å². The normalized spacial score (nSPS) is 16.5. The fourth-order valence-corrected chi connectivity index (χ4v) is 4.45. The number of pyridine rings is 2. The van der Waals surface area contributed by atoms with Crippen LogP contribution in [0.15, 0.2) is 77.9 Å². The van der Waals surface area contributed by atoms with E-state index in [0.29, 0.717) is 40.0 Å². The fraction of sp³-hybridized carbons (Fsp3) is 0.192. The van der Waals surface area contributed by atoms with Crippen molar-refractivity contribution in [3.8, 4) is 0 Å². The van der Waals surface area contributed by atoms with Crippen LogP contribution in [0.5, 0.6) is 0 Å². The van der Waals surface area contributed by atoms with E-state index in [1.807, 2.05) is 35.2 Å². The Morgan fingerprint density at radius 3 is 2.71 bits per heavy atom. The summed E-state index contributed by atoms with van der Waals surface area (Å²) in [6.07, 6.45) is 3.49. The number of carbonyl (C=O) groups is 1. The van der Waals surface area contributed by atoms with Gasteiger partial charge in [0.1, 0.15) is 5.82 Å². The van der Waals surface area contributed by atoms with Gasteiger partial charge >= 0.3 is 0 Å². The molecule has 2 aromatic carbocycles. The minimum Gasteiger partial charge on any atom is -0.391 e. The van der Waals surface area contributed by atoms with Gasteiger partial charge in [-0.3, -0.25) is 9.59 Å². The molecule has 34 heavy (non-hydrogen) atoms. The summed E-state index contributed by atoms with van der Waals surface area (Å²) >= 11 is 6.07. The first-order valence-electron chi connectivity index (χ1n) is 11.1. The molecular weight excluding hydrogens is 452 g/mol. The Hall–Kier alpha value is -3.68. The van der Waals surface area contributed by atoms with E-state index in [1.165, 1.54) is 6.20 Å². The molecular formula is C26H23ClN4O3. The van der Waals surface area contributed by atoms with Gasteiger partial charge in [-0.1, -0.05) is 41.9 Å². The van der Waals surface area contributed by atoms with E-state index in [-0.39, 0.29) is 17.4 Å². The lowest BCUT2D eigenvalue weighted by molar-refractivity contribution is 0.0942. The average Bonchev–Trinajstić information content (AvgIpc) is 3.30. The number of aromatic amines is 1. The van der Waals surface area contributed by atoms with Crippen LogP contribution in [0.3, 0.4) is 0 Å². The van der Waals surface area contributed by atoms with Crippen molar-refractivity contribution in [2.45, 2.75) is 18.6 Å². The number of H-pyrrole nitrogens is 1. The predicted molar refractivity (Wildman–Crippen MR) is 132 cm³/mol. The molecule has 8 heteroatoms. The van der Waals surface area contributed by atoms with Crippen molar-refractivity contribution in [2.24, 2.45) is 0 Å². The largest absolute Gasteiger partial charge is 0.391 e. The lowest BCUT2D eigenvalue weighted by atomic mass is 9.98. The van der Waals surface area contributed by atoms with Gasteiger partial charge in [-0.25, -0.2) is 4.98 Å². The van der Waals surface area contributed by atoms with E-state index in [1.54, 1.807) is 36.5 Å². The van der Waals surface area contributed by atoms with Crippen molar-refractivity contribution in [3.63, 3.8) is 0 Å². The first-order valence-corrected chi connectivity index (χ1v) is 11.4. The molecule has 0 aliphatic carbocycles. The molecule has 0 radical (unpaired) electrons. The van der Waals surface area contributed by atoms with Gasteiger partial charge in [-0.15, -0.1) is 0 Å². The maximum atomic E-state index is 13.3. The summed E-state index contributed by atoms with van der Waals surface area (Å²) in [7, 11) is 0. The number of carbonyl (C=O) groups excluding carboxylic acids is 1. The van der Waals surface area contributed by atoms with E-state index in [2.05, 4.69) is 15.3 Å². The van der Waals surface area contributed by atoms with Gasteiger partial charge in [0.15, 0.2) is 5.43 Å². The molecule has 172 valence electrons. The molecule has 0 saturated carbocycles. The second-order valence-electron chi connectivity index (χ2n) is 8.37. The number of aliphatic hydroxyl groups excluding tert-OH is 1. The monoisotopic (exact) mass is 474 g/mol. The summed E-state index contributed by atoms with van der Waals surface area (Å²) in [5.41, 5.74) is 2.04. The third-order valence-electron chi connectivity index (χ3n) is 6.09. The number of aromatic nitrogens is 2. The van der Waals surface area contributed by atoms with Crippen LogP contribution in [0.2, 0.25) is 5.02 Å². The van der Waals surface area contributed by atoms with Crippen LogP contribution in [-0.4, -0.2) is 40.2 Å². The Labute approximate surface area is 201 Å². The number of nitrogens with one attached hydrogen (secondary N) is 2. The van der Waals surface area contributed by atoms with Crippen LogP contribution in [0.4, 0.5) is 5.82 Å². The summed E-state index contributed by atoms with van der Waals surface area (Å²) in [6, 6.07) is 17.2. The van der Waals surface area contributed by atoms with Gasteiger partial charge in [0.25, 0.3) is 5.91 Å². The van der Waals surface area contributed by atoms with Crippen molar-refractivity contribution in [2.75, 3.05) is 18.0 Å². The summed E-state index contributed by atoms with van der Waals surface area (Å²) in [4.78, 5) is 36.0. The molecule has 0 spiro atoms. The van der Waals surface area contributed by atoms with Crippen LogP contribution >= 0.6 is 11.6 Å². The SMILES string of the molecule is O=C(NC(c1ccccc1)c1c[nH]c2cc(Cl)ccc2c1=O)c1ccc(N2CCC(O)C2)nc1. The predicted octanol–water partition coefficient (Wildman–Crippen LogP) is 3.67. The highest BCUT2D eigenvalue weighted by Crippen LogP contribution is 2.23. The summed E-state index contributed by atoms with van der Waals surface area (Å²) in [6.45, 7) is 1.26. The maximum absolute atomic E-state index is 13.3. The van der Waals surface area contributed by atoms with Gasteiger partial charge in [0.2, 0.25) is 0 Å². The molecule has 2 unspecified atom stereocenters. The highest BCUT2D eigenvalue weighted by molar-refractivity contribution is 6.31. The number of halogens is 1. The van der Waals surface area contributed by atoms with Gasteiger partial charge in [0, 0.05) is 41.5 Å². The molecule has 1 aliphatic rings. The zero-order valence-electron chi connectivity index (χ0n) is 18.2. The second-order valence-corrected chi connectivity index (χ2v) is 8.81. The molecule has 3 N–H and O–H groups in total. The number of rotatable bonds is 5. The molecule has 2 atom stereocenters. The van der Waals surface area contributed by atoms with Crippen molar-refractivity contribution in [1.29, 1.82) is 0 Å². The van der Waals surface area contributed by atoms with Crippen LogP contribution in [0, 0.1) is 0 Å². The van der Waals surface area contributed by atoms with Crippen molar-refractivity contribution in [3.05, 3.63) is 105 Å². The number of amides is 1. The minimum absolute atomic E-state index is 0.180. The number of β-amino-alcohol motifs (C(OH)–C–C–N with tert-alkyl or cyclic N) is 1. The van der Waals surface area contributed by atoms with E-state index < -0.39 is 6.04 Å². The molecule has 2 aromatic heterocycles. The molecule has 3 heterocycles. The topological polar surface area (TPSA) is 98.3 Å². The van der Waals surface area contributed by atoms with Crippen LogP contribution in [-0.2, 0) is 0 Å². The number of benzene rings is 2. The van der Waals surface area contributed by atoms with E-state index >= 15 is 0 Å². The minimum atomic E-state index is -0.661. The Balaban J connectivity index is 1.46. The Morgan fingerprint density at radius 2 is 2.00 bits per heavy atom. The highest BCUT2D eigenvalue weighted by Gasteiger charge is 2.24. The standard InChI is InChI=1S/C26H23ClN4O3/c27-18-7-8-20-22(12-18)28-14-21(25(20)33)24(16-4-2-1-3-5-16)30-26(34)17-6-9-23(29-13-17)31-11-10-19(32)15-31/h1-9,12-14,19,24,32H,10-11,15H2,(H,28,33)(H,30,34). The van der Waals surface area contributed by atoms with Crippen LogP contribution < -0.4 is 15.6 Å². The Kier molecular flexibility index (Phi) is 6.04. The Morgan fingerprint density at radius 1 is 1.18 bits per heavy atom.